The Morgan fingerprint density at radius 2 is 1.70 bits per heavy atom. The van der Waals surface area contributed by atoms with E-state index in [1.165, 1.54) is 30.3 Å². The maximum absolute atomic E-state index is 12.7. The highest BCUT2D eigenvalue weighted by atomic mass is 35.5. The van der Waals surface area contributed by atoms with Crippen LogP contribution in [0, 0.1) is 5.92 Å². The first-order chi connectivity index (χ1) is 15.8. The summed E-state index contributed by atoms with van der Waals surface area (Å²) in [7, 11) is -3.99. The smallest absolute Gasteiger partial charge is 0.269 e. The predicted molar refractivity (Wildman–Crippen MR) is 123 cm³/mol. The first-order valence-corrected chi connectivity index (χ1v) is 11.9. The van der Waals surface area contributed by atoms with Gasteiger partial charge in [0.05, 0.1) is 21.5 Å². The van der Waals surface area contributed by atoms with Gasteiger partial charge in [0.2, 0.25) is 5.91 Å². The van der Waals surface area contributed by atoms with E-state index < -0.39 is 27.8 Å². The molecule has 0 radical (unpaired) electrons. The first-order valence-electron chi connectivity index (χ1n) is 10.0. The predicted octanol–water partition coefficient (Wildman–Crippen LogP) is 3.15. The van der Waals surface area contributed by atoms with Gasteiger partial charge in [0, 0.05) is 5.56 Å². The number of benzene rings is 3. The third-order valence-electron chi connectivity index (χ3n) is 5.07. The van der Waals surface area contributed by atoms with Crippen LogP contribution in [0.1, 0.15) is 15.9 Å². The second-order valence-corrected chi connectivity index (χ2v) is 9.47. The number of hydrogen-bond acceptors (Lipinski definition) is 5. The molecule has 10 heteroatoms. The van der Waals surface area contributed by atoms with Crippen molar-refractivity contribution in [3.8, 4) is 5.75 Å². The van der Waals surface area contributed by atoms with Gasteiger partial charge in [-0.2, -0.15) is 0 Å². The second kappa shape index (κ2) is 9.51. The Morgan fingerprint density at radius 3 is 2.52 bits per heavy atom. The van der Waals surface area contributed by atoms with Crippen LogP contribution in [-0.4, -0.2) is 26.8 Å². The van der Waals surface area contributed by atoms with Gasteiger partial charge in [-0.3, -0.25) is 25.2 Å². The number of rotatable bonds is 5. The molecular formula is C23H20ClN3O5S. The number of ether oxygens (including phenoxy) is 1. The van der Waals surface area contributed by atoms with Crippen molar-refractivity contribution in [2.45, 2.75) is 11.3 Å². The fraction of sp³-hybridized carbons (Fsp3) is 0.130. The van der Waals surface area contributed by atoms with Crippen molar-refractivity contribution >= 4 is 39.1 Å². The van der Waals surface area contributed by atoms with Gasteiger partial charge in [-0.25, -0.2) is 8.42 Å². The van der Waals surface area contributed by atoms with Crippen molar-refractivity contribution in [1.29, 1.82) is 0 Å². The number of hydrogen-bond donors (Lipinski definition) is 3. The number of anilines is 1. The molecule has 0 saturated carbocycles. The molecule has 0 aliphatic carbocycles. The topological polar surface area (TPSA) is 114 Å². The molecule has 170 valence electrons. The maximum Gasteiger partial charge on any atom is 0.269 e. The van der Waals surface area contributed by atoms with Gasteiger partial charge in [-0.1, -0.05) is 48.0 Å². The monoisotopic (exact) mass is 485 g/mol. The third kappa shape index (κ3) is 5.27. The van der Waals surface area contributed by atoms with E-state index in [9.17, 15) is 18.0 Å². The summed E-state index contributed by atoms with van der Waals surface area (Å²) >= 11 is 6.02. The zero-order valence-electron chi connectivity index (χ0n) is 17.2. The number of para-hydroxylation sites is 2. The number of amides is 2. The molecular weight excluding hydrogens is 466 g/mol. The van der Waals surface area contributed by atoms with Gasteiger partial charge < -0.3 is 4.74 Å². The Kier molecular flexibility index (Phi) is 6.52. The summed E-state index contributed by atoms with van der Waals surface area (Å²) in [5, 5.41) is 0.243. The number of carbonyl (C=O) groups excluding carboxylic acids is 2. The Labute approximate surface area is 195 Å². The Hall–Kier alpha value is -3.56. The highest BCUT2D eigenvalue weighted by Crippen LogP contribution is 2.27. The molecule has 3 N–H and O–H groups in total. The summed E-state index contributed by atoms with van der Waals surface area (Å²) in [6.45, 7) is 0.195. The van der Waals surface area contributed by atoms with Crippen molar-refractivity contribution < 1.29 is 22.7 Å². The normalized spacial score (nSPS) is 15.0. The molecule has 33 heavy (non-hydrogen) atoms. The van der Waals surface area contributed by atoms with Gasteiger partial charge >= 0.3 is 0 Å². The molecule has 0 aromatic heterocycles. The molecule has 3 aromatic rings. The van der Waals surface area contributed by atoms with Crippen LogP contribution in [0.2, 0.25) is 5.02 Å². The van der Waals surface area contributed by atoms with Gasteiger partial charge in [0.25, 0.3) is 15.9 Å². The molecule has 1 atom stereocenters. The molecule has 0 saturated heterocycles. The van der Waals surface area contributed by atoms with E-state index >= 15 is 0 Å². The number of sulfonamides is 1. The first kappa shape index (κ1) is 22.6. The van der Waals surface area contributed by atoms with E-state index in [0.717, 1.165) is 11.3 Å². The standard InChI is InChI=1S/C23H20ClN3O5S/c24-19-9-2-3-10-20(19)27-33(30,31)18-8-5-7-16(13-18)22(28)25-26-23(29)17-12-15-6-1-4-11-21(15)32-14-17/h1-11,13,17,27H,12,14H2,(H,25,28)(H,26,29). The van der Waals surface area contributed by atoms with E-state index in [2.05, 4.69) is 15.6 Å². The molecule has 0 fully saturated rings. The molecule has 1 aliphatic heterocycles. The molecule has 2 amide bonds. The Bertz CT molecular complexity index is 1310. The molecule has 3 aromatic carbocycles. The fourth-order valence-corrected chi connectivity index (χ4v) is 4.71. The number of fused-ring (bicyclic) bond motifs is 1. The summed E-state index contributed by atoms with van der Waals surface area (Å²) in [4.78, 5) is 24.9. The van der Waals surface area contributed by atoms with Crippen LogP contribution in [0.15, 0.2) is 77.7 Å². The molecule has 0 bridgehead atoms. The Morgan fingerprint density at radius 1 is 0.939 bits per heavy atom. The van der Waals surface area contributed by atoms with E-state index in [1.807, 2.05) is 24.3 Å². The minimum Gasteiger partial charge on any atom is -0.492 e. The van der Waals surface area contributed by atoms with Crippen LogP contribution < -0.4 is 20.3 Å². The minimum atomic E-state index is -3.99. The van der Waals surface area contributed by atoms with Gasteiger partial charge in [-0.05, 0) is 48.4 Å². The molecule has 1 aliphatic rings. The number of carbonyl (C=O) groups is 2. The summed E-state index contributed by atoms with van der Waals surface area (Å²) in [6, 6.07) is 19.3. The van der Waals surface area contributed by atoms with Crippen LogP contribution >= 0.6 is 11.6 Å². The van der Waals surface area contributed by atoms with E-state index in [1.54, 1.807) is 18.2 Å². The van der Waals surface area contributed by atoms with Crippen LogP contribution in [0.3, 0.4) is 0 Å². The van der Waals surface area contributed by atoms with Crippen LogP contribution in [0.25, 0.3) is 0 Å². The fourth-order valence-electron chi connectivity index (χ4n) is 3.34. The molecule has 4 rings (SSSR count). The van der Waals surface area contributed by atoms with Crippen molar-refractivity contribution in [1.82, 2.24) is 10.9 Å². The van der Waals surface area contributed by atoms with Gasteiger partial charge in [0.1, 0.15) is 12.4 Å². The number of hydrazine groups is 1. The second-order valence-electron chi connectivity index (χ2n) is 7.38. The summed E-state index contributed by atoms with van der Waals surface area (Å²) in [5.41, 5.74) is 5.91. The molecule has 8 nitrogen and oxygen atoms in total. The number of halogens is 1. The highest BCUT2D eigenvalue weighted by molar-refractivity contribution is 7.92. The molecule has 1 unspecified atom stereocenters. The third-order valence-corrected chi connectivity index (χ3v) is 6.77. The maximum atomic E-state index is 12.7. The van der Waals surface area contributed by atoms with Crippen molar-refractivity contribution in [3.05, 3.63) is 88.9 Å². The van der Waals surface area contributed by atoms with E-state index in [0.29, 0.717) is 6.42 Å². The lowest BCUT2D eigenvalue weighted by atomic mass is 9.96. The molecule has 0 spiro atoms. The van der Waals surface area contributed by atoms with E-state index in [4.69, 9.17) is 16.3 Å². The quantitative estimate of drug-likeness (QED) is 0.480. The van der Waals surface area contributed by atoms with Gasteiger partial charge in [0.15, 0.2) is 0 Å². The molecule has 1 heterocycles. The van der Waals surface area contributed by atoms with Crippen molar-refractivity contribution in [2.24, 2.45) is 5.92 Å². The highest BCUT2D eigenvalue weighted by Gasteiger charge is 2.26. The average molecular weight is 486 g/mol. The number of nitrogens with one attached hydrogen (secondary N) is 3. The zero-order valence-corrected chi connectivity index (χ0v) is 18.8. The van der Waals surface area contributed by atoms with Crippen LogP contribution in [0.4, 0.5) is 5.69 Å². The SMILES string of the molecule is O=C(NNC(=O)C1COc2ccccc2C1)c1cccc(S(=O)(=O)Nc2ccccc2Cl)c1. The van der Waals surface area contributed by atoms with Crippen molar-refractivity contribution in [2.75, 3.05) is 11.3 Å². The zero-order chi connectivity index (χ0) is 23.4. The average Bonchev–Trinajstić information content (AvgIpc) is 2.83. The van der Waals surface area contributed by atoms with Crippen LogP contribution in [0.5, 0.6) is 5.75 Å². The summed E-state index contributed by atoms with van der Waals surface area (Å²) < 4.78 is 33.4. The lowest BCUT2D eigenvalue weighted by Gasteiger charge is -2.24. The largest absolute Gasteiger partial charge is 0.492 e. The lowest BCUT2D eigenvalue weighted by molar-refractivity contribution is -0.127. The van der Waals surface area contributed by atoms with Gasteiger partial charge in [-0.15, -0.1) is 0 Å². The summed E-state index contributed by atoms with van der Waals surface area (Å²) in [5.74, 6) is -0.780. The van der Waals surface area contributed by atoms with E-state index in [-0.39, 0.29) is 27.8 Å². The van der Waals surface area contributed by atoms with Crippen molar-refractivity contribution in [3.63, 3.8) is 0 Å². The lowest BCUT2D eigenvalue weighted by Crippen LogP contribution is -2.47. The minimum absolute atomic E-state index is 0.0579. The Balaban J connectivity index is 1.40. The summed E-state index contributed by atoms with van der Waals surface area (Å²) in [6.07, 6.45) is 0.485. The van der Waals surface area contributed by atoms with Crippen LogP contribution in [-0.2, 0) is 21.2 Å².